The Hall–Kier alpha value is -1.36. The van der Waals surface area contributed by atoms with E-state index >= 15 is 0 Å². The topological polar surface area (TPSA) is 66.4 Å². The number of carboxylic acids is 1. The number of nitrogens with one attached hydrogen (secondary N) is 1. The standard InChI is InChI=1S/C18H24BrNO3/c19-15-9-7-14(8-10-15)18(11-3-4-12-18)17(23)20-13-5-1-2-6-16(21)22/h7-10H,1-6,11-13H2,(H,20,23)(H,21,22). The molecule has 0 bridgehead atoms. The summed E-state index contributed by atoms with van der Waals surface area (Å²) in [5.41, 5.74) is 0.712. The SMILES string of the molecule is O=C(O)CCCCCNC(=O)C1(c2ccc(Br)cc2)CCCC1. The normalized spacial score (nSPS) is 16.2. The lowest BCUT2D eigenvalue weighted by Gasteiger charge is -2.28. The quantitative estimate of drug-likeness (QED) is 0.668. The molecule has 0 radical (unpaired) electrons. The Morgan fingerprint density at radius 2 is 1.74 bits per heavy atom. The van der Waals surface area contributed by atoms with Crippen LogP contribution in [0.3, 0.4) is 0 Å². The van der Waals surface area contributed by atoms with Gasteiger partial charge < -0.3 is 10.4 Å². The van der Waals surface area contributed by atoms with Crippen molar-refractivity contribution in [2.24, 2.45) is 0 Å². The van der Waals surface area contributed by atoms with Crippen LogP contribution in [-0.2, 0) is 15.0 Å². The molecule has 0 aromatic heterocycles. The lowest BCUT2D eigenvalue weighted by atomic mass is 9.78. The van der Waals surface area contributed by atoms with Gasteiger partial charge in [0.25, 0.3) is 0 Å². The van der Waals surface area contributed by atoms with Gasteiger partial charge in [0.2, 0.25) is 5.91 Å². The van der Waals surface area contributed by atoms with E-state index in [4.69, 9.17) is 5.11 Å². The minimum atomic E-state index is -0.755. The molecular weight excluding hydrogens is 358 g/mol. The molecule has 1 saturated carbocycles. The van der Waals surface area contributed by atoms with E-state index in [1.165, 1.54) is 0 Å². The summed E-state index contributed by atoms with van der Waals surface area (Å²) < 4.78 is 1.02. The van der Waals surface area contributed by atoms with Crippen LogP contribution < -0.4 is 5.32 Å². The number of benzene rings is 1. The molecule has 1 aliphatic carbocycles. The highest BCUT2D eigenvalue weighted by molar-refractivity contribution is 9.10. The number of hydrogen-bond donors (Lipinski definition) is 2. The van der Waals surface area contributed by atoms with Crippen molar-refractivity contribution in [2.45, 2.75) is 56.8 Å². The van der Waals surface area contributed by atoms with Gasteiger partial charge >= 0.3 is 5.97 Å². The minimum Gasteiger partial charge on any atom is -0.481 e. The van der Waals surface area contributed by atoms with Gasteiger partial charge in [-0.2, -0.15) is 0 Å². The summed E-state index contributed by atoms with van der Waals surface area (Å²) in [5, 5.41) is 11.7. The molecule has 23 heavy (non-hydrogen) atoms. The van der Waals surface area contributed by atoms with Gasteiger partial charge in [0.05, 0.1) is 5.41 Å². The zero-order valence-corrected chi connectivity index (χ0v) is 14.9. The van der Waals surface area contributed by atoms with Crippen molar-refractivity contribution in [3.8, 4) is 0 Å². The molecule has 0 atom stereocenters. The van der Waals surface area contributed by atoms with E-state index in [9.17, 15) is 9.59 Å². The number of carboxylic acid groups (broad SMARTS) is 1. The molecule has 2 N–H and O–H groups in total. The Labute approximate surface area is 145 Å². The molecule has 1 aromatic carbocycles. The molecule has 1 aromatic rings. The molecule has 1 amide bonds. The van der Waals surface area contributed by atoms with Crippen molar-refractivity contribution in [2.75, 3.05) is 6.54 Å². The predicted molar refractivity (Wildman–Crippen MR) is 93.4 cm³/mol. The molecule has 126 valence electrons. The maximum atomic E-state index is 12.8. The fourth-order valence-corrected chi connectivity index (χ4v) is 3.61. The fourth-order valence-electron chi connectivity index (χ4n) is 3.34. The number of carbonyl (C=O) groups is 2. The van der Waals surface area contributed by atoms with Crippen molar-refractivity contribution in [3.05, 3.63) is 34.3 Å². The molecular formula is C18H24BrNO3. The van der Waals surface area contributed by atoms with E-state index in [0.717, 1.165) is 48.6 Å². The molecule has 1 fully saturated rings. The van der Waals surface area contributed by atoms with Gasteiger partial charge in [0.1, 0.15) is 0 Å². The summed E-state index contributed by atoms with van der Waals surface area (Å²) in [6, 6.07) is 8.08. The van der Waals surface area contributed by atoms with Gasteiger partial charge in [0, 0.05) is 17.4 Å². The van der Waals surface area contributed by atoms with Gasteiger partial charge in [-0.05, 0) is 43.4 Å². The second-order valence-electron chi connectivity index (χ2n) is 6.26. The molecule has 2 rings (SSSR count). The van der Waals surface area contributed by atoms with Crippen molar-refractivity contribution in [3.63, 3.8) is 0 Å². The Kier molecular flexibility index (Phi) is 6.63. The zero-order chi connectivity index (χ0) is 16.7. The molecule has 0 saturated heterocycles. The van der Waals surface area contributed by atoms with Crippen LogP contribution in [0.5, 0.6) is 0 Å². The summed E-state index contributed by atoms with van der Waals surface area (Å²) in [6.07, 6.45) is 6.51. The molecule has 4 nitrogen and oxygen atoms in total. The third-order valence-corrected chi connectivity index (χ3v) is 5.17. The van der Waals surface area contributed by atoms with Gasteiger partial charge in [-0.1, -0.05) is 47.3 Å². The van der Waals surface area contributed by atoms with E-state index in [-0.39, 0.29) is 17.7 Å². The van der Waals surface area contributed by atoms with Crippen molar-refractivity contribution >= 4 is 27.8 Å². The Morgan fingerprint density at radius 1 is 1.09 bits per heavy atom. The van der Waals surface area contributed by atoms with Gasteiger partial charge in [-0.25, -0.2) is 0 Å². The van der Waals surface area contributed by atoms with Crippen LogP contribution in [0.1, 0.15) is 56.9 Å². The summed E-state index contributed by atoms with van der Waals surface area (Å²) in [4.78, 5) is 23.2. The molecule has 0 heterocycles. The van der Waals surface area contributed by atoms with Crippen LogP contribution in [0.15, 0.2) is 28.7 Å². The predicted octanol–water partition coefficient (Wildman–Crippen LogP) is 4.02. The highest BCUT2D eigenvalue weighted by Gasteiger charge is 2.42. The number of amides is 1. The zero-order valence-electron chi connectivity index (χ0n) is 13.3. The van der Waals surface area contributed by atoms with Gasteiger partial charge in [0.15, 0.2) is 0 Å². The number of halogens is 1. The number of unbranched alkanes of at least 4 members (excludes halogenated alkanes) is 2. The van der Waals surface area contributed by atoms with Crippen LogP contribution >= 0.6 is 15.9 Å². The van der Waals surface area contributed by atoms with E-state index in [1.807, 2.05) is 24.3 Å². The second kappa shape index (κ2) is 8.48. The van der Waals surface area contributed by atoms with E-state index in [2.05, 4.69) is 21.2 Å². The lowest BCUT2D eigenvalue weighted by Crippen LogP contribution is -2.43. The van der Waals surface area contributed by atoms with Crippen molar-refractivity contribution in [1.29, 1.82) is 0 Å². The average molecular weight is 382 g/mol. The first-order valence-corrected chi connectivity index (χ1v) is 9.10. The largest absolute Gasteiger partial charge is 0.481 e. The second-order valence-corrected chi connectivity index (χ2v) is 7.17. The lowest BCUT2D eigenvalue weighted by molar-refractivity contribution is -0.137. The minimum absolute atomic E-state index is 0.121. The maximum absolute atomic E-state index is 12.8. The van der Waals surface area contributed by atoms with Gasteiger partial charge in [-0.15, -0.1) is 0 Å². The molecule has 5 heteroatoms. The van der Waals surface area contributed by atoms with E-state index < -0.39 is 5.97 Å². The molecule has 0 aliphatic heterocycles. The van der Waals surface area contributed by atoms with E-state index in [1.54, 1.807) is 0 Å². The summed E-state index contributed by atoms with van der Waals surface area (Å²) in [6.45, 7) is 0.622. The van der Waals surface area contributed by atoms with Crippen LogP contribution in [0.2, 0.25) is 0 Å². The monoisotopic (exact) mass is 381 g/mol. The molecule has 0 spiro atoms. The number of rotatable bonds is 8. The number of carbonyl (C=O) groups excluding carboxylic acids is 1. The van der Waals surface area contributed by atoms with Crippen LogP contribution in [0.4, 0.5) is 0 Å². The van der Waals surface area contributed by atoms with Crippen LogP contribution in [0.25, 0.3) is 0 Å². The number of aliphatic carboxylic acids is 1. The Bertz CT molecular complexity index is 536. The smallest absolute Gasteiger partial charge is 0.303 e. The highest BCUT2D eigenvalue weighted by atomic mass is 79.9. The summed E-state index contributed by atoms with van der Waals surface area (Å²) >= 11 is 3.44. The Morgan fingerprint density at radius 3 is 2.35 bits per heavy atom. The molecule has 1 aliphatic rings. The number of hydrogen-bond acceptors (Lipinski definition) is 2. The highest BCUT2D eigenvalue weighted by Crippen LogP contribution is 2.41. The van der Waals surface area contributed by atoms with Crippen molar-refractivity contribution < 1.29 is 14.7 Å². The first kappa shape index (κ1) is 18.0. The third kappa shape index (κ3) is 4.80. The maximum Gasteiger partial charge on any atom is 0.303 e. The summed E-state index contributed by atoms with van der Waals surface area (Å²) in [5.74, 6) is -0.635. The van der Waals surface area contributed by atoms with Crippen molar-refractivity contribution in [1.82, 2.24) is 5.32 Å². The third-order valence-electron chi connectivity index (χ3n) is 4.64. The van der Waals surface area contributed by atoms with Gasteiger partial charge in [-0.3, -0.25) is 9.59 Å². The summed E-state index contributed by atoms with van der Waals surface area (Å²) in [7, 11) is 0. The Balaban J connectivity index is 1.89. The average Bonchev–Trinajstić information content (AvgIpc) is 3.02. The first-order valence-electron chi connectivity index (χ1n) is 8.31. The van der Waals surface area contributed by atoms with E-state index in [0.29, 0.717) is 13.0 Å². The van der Waals surface area contributed by atoms with Crippen LogP contribution in [-0.4, -0.2) is 23.5 Å². The first-order chi connectivity index (χ1) is 11.0. The molecule has 0 unspecified atom stereocenters. The van der Waals surface area contributed by atoms with Crippen LogP contribution in [0, 0.1) is 0 Å². The fraction of sp³-hybridized carbons (Fsp3) is 0.556.